The van der Waals surface area contributed by atoms with Gasteiger partial charge in [-0.05, 0) is 24.5 Å². The molecular weight excluding hydrogens is 354 g/mol. The summed E-state index contributed by atoms with van der Waals surface area (Å²) in [5.41, 5.74) is 0.784. The van der Waals surface area contributed by atoms with E-state index < -0.39 is 10.0 Å². The Balaban J connectivity index is 1.59. The Morgan fingerprint density at radius 3 is 2.65 bits per heavy atom. The van der Waals surface area contributed by atoms with Crippen LogP contribution in [0, 0.1) is 0 Å². The summed E-state index contributed by atoms with van der Waals surface area (Å²) in [7, 11) is -3.57. The van der Waals surface area contributed by atoms with Gasteiger partial charge >= 0.3 is 0 Å². The van der Waals surface area contributed by atoms with E-state index in [4.69, 9.17) is 0 Å². The number of carbonyl (C=O) groups is 2. The van der Waals surface area contributed by atoms with Crippen LogP contribution >= 0.6 is 0 Å². The maximum Gasteiger partial charge on any atom is 0.233 e. The lowest BCUT2D eigenvalue weighted by Crippen LogP contribution is -2.32. The number of benzene rings is 1. The van der Waals surface area contributed by atoms with Crippen LogP contribution in [0.25, 0.3) is 6.08 Å². The molecule has 0 unspecified atom stereocenters. The molecule has 1 fully saturated rings. The lowest BCUT2D eigenvalue weighted by Gasteiger charge is -2.15. The number of hydrogen-bond donors (Lipinski definition) is 2. The first-order valence-corrected chi connectivity index (χ1v) is 10.3. The van der Waals surface area contributed by atoms with Crippen molar-refractivity contribution in [3.63, 3.8) is 0 Å². The van der Waals surface area contributed by atoms with E-state index >= 15 is 0 Å². The highest BCUT2D eigenvalue weighted by Crippen LogP contribution is 2.09. The molecule has 0 radical (unpaired) electrons. The number of nitrogens with zero attached hydrogens (tertiary/aromatic N) is 1. The quantitative estimate of drug-likeness (QED) is 0.595. The van der Waals surface area contributed by atoms with Gasteiger partial charge in [-0.15, -0.1) is 0 Å². The van der Waals surface area contributed by atoms with E-state index in [1.807, 2.05) is 18.2 Å². The predicted octanol–water partition coefficient (Wildman–Crippen LogP) is 1.10. The summed E-state index contributed by atoms with van der Waals surface area (Å²) >= 11 is 0. The molecule has 1 aromatic carbocycles. The highest BCUT2D eigenvalue weighted by atomic mass is 32.2. The molecule has 2 N–H and O–H groups in total. The van der Waals surface area contributed by atoms with Crippen molar-refractivity contribution in [2.24, 2.45) is 0 Å². The van der Waals surface area contributed by atoms with Crippen molar-refractivity contribution in [1.29, 1.82) is 0 Å². The molecule has 0 atom stereocenters. The zero-order valence-corrected chi connectivity index (χ0v) is 15.5. The first-order valence-electron chi connectivity index (χ1n) is 8.73. The summed E-state index contributed by atoms with van der Waals surface area (Å²) in [4.78, 5) is 25.0. The number of nitrogens with one attached hydrogen (secondary N) is 2. The second-order valence-corrected chi connectivity index (χ2v) is 7.74. The number of sulfonamides is 1. The van der Waals surface area contributed by atoms with Crippen LogP contribution < -0.4 is 10.0 Å². The highest BCUT2D eigenvalue weighted by Gasteiger charge is 2.19. The van der Waals surface area contributed by atoms with Gasteiger partial charge < -0.3 is 10.2 Å². The summed E-state index contributed by atoms with van der Waals surface area (Å²) in [6.07, 6.45) is 3.79. The molecule has 0 aromatic heterocycles. The van der Waals surface area contributed by atoms with Crippen molar-refractivity contribution >= 4 is 27.9 Å². The minimum Gasteiger partial charge on any atom is -0.356 e. The third-order valence-corrected chi connectivity index (χ3v) is 5.09. The van der Waals surface area contributed by atoms with Gasteiger partial charge in [0.1, 0.15) is 0 Å². The smallest absolute Gasteiger partial charge is 0.233 e. The number of carbonyl (C=O) groups excluding carboxylic acids is 2. The van der Waals surface area contributed by atoms with Crippen LogP contribution in [0.15, 0.2) is 35.7 Å². The molecule has 7 nitrogen and oxygen atoms in total. The Labute approximate surface area is 154 Å². The lowest BCUT2D eigenvalue weighted by atomic mass is 10.2. The Kier molecular flexibility index (Phi) is 7.80. The van der Waals surface area contributed by atoms with Crippen LogP contribution in [0.4, 0.5) is 0 Å². The summed E-state index contributed by atoms with van der Waals surface area (Å²) in [6.45, 7) is 1.96. The first kappa shape index (κ1) is 20.1. The first-order chi connectivity index (χ1) is 12.5. The van der Waals surface area contributed by atoms with Crippen LogP contribution in [0.3, 0.4) is 0 Å². The van der Waals surface area contributed by atoms with Crippen LogP contribution in [0.1, 0.15) is 31.2 Å². The van der Waals surface area contributed by atoms with E-state index in [-0.39, 0.29) is 24.8 Å². The SMILES string of the molecule is O=C(CCNS(=O)(=O)/C=C/c1ccccc1)NCCCN1CCCC1=O. The van der Waals surface area contributed by atoms with Gasteiger partial charge in [0.25, 0.3) is 0 Å². The third-order valence-electron chi connectivity index (χ3n) is 3.99. The summed E-state index contributed by atoms with van der Waals surface area (Å²) in [5.74, 6) is -0.0400. The molecule has 2 rings (SSSR count). The molecule has 1 aliphatic heterocycles. The Hall–Kier alpha value is -2.19. The van der Waals surface area contributed by atoms with Gasteiger partial charge in [-0.2, -0.15) is 0 Å². The fourth-order valence-corrected chi connectivity index (χ4v) is 3.43. The van der Waals surface area contributed by atoms with Crippen molar-refractivity contribution in [3.05, 3.63) is 41.3 Å². The number of likely N-dealkylation sites (tertiary alicyclic amines) is 1. The largest absolute Gasteiger partial charge is 0.356 e. The fourth-order valence-electron chi connectivity index (χ4n) is 2.61. The van der Waals surface area contributed by atoms with Crippen molar-refractivity contribution in [2.75, 3.05) is 26.2 Å². The van der Waals surface area contributed by atoms with E-state index in [1.54, 1.807) is 17.0 Å². The van der Waals surface area contributed by atoms with Crippen molar-refractivity contribution in [1.82, 2.24) is 14.9 Å². The molecule has 1 aromatic rings. The van der Waals surface area contributed by atoms with Gasteiger partial charge in [-0.3, -0.25) is 9.59 Å². The maximum atomic E-state index is 11.9. The summed E-state index contributed by atoms with van der Waals surface area (Å²) in [5, 5.41) is 3.83. The molecule has 2 amide bonds. The Bertz CT molecular complexity index is 732. The highest BCUT2D eigenvalue weighted by molar-refractivity contribution is 7.92. The van der Waals surface area contributed by atoms with Gasteiger partial charge in [-0.25, -0.2) is 13.1 Å². The average molecular weight is 379 g/mol. The zero-order chi connectivity index (χ0) is 18.8. The molecule has 26 heavy (non-hydrogen) atoms. The molecule has 1 aliphatic rings. The summed E-state index contributed by atoms with van der Waals surface area (Å²) < 4.78 is 26.1. The lowest BCUT2D eigenvalue weighted by molar-refractivity contribution is -0.127. The molecule has 1 heterocycles. The average Bonchev–Trinajstić information content (AvgIpc) is 3.03. The van der Waals surface area contributed by atoms with Crippen LogP contribution in [0.5, 0.6) is 0 Å². The van der Waals surface area contributed by atoms with E-state index in [2.05, 4.69) is 10.0 Å². The molecule has 0 spiro atoms. The van der Waals surface area contributed by atoms with E-state index in [0.29, 0.717) is 25.9 Å². The second kappa shape index (κ2) is 10.1. The Morgan fingerprint density at radius 1 is 1.19 bits per heavy atom. The maximum absolute atomic E-state index is 11.9. The second-order valence-electron chi connectivity index (χ2n) is 6.09. The zero-order valence-electron chi connectivity index (χ0n) is 14.7. The normalized spacial score (nSPS) is 14.9. The molecule has 1 saturated heterocycles. The van der Waals surface area contributed by atoms with E-state index in [1.165, 1.54) is 6.08 Å². The van der Waals surface area contributed by atoms with Crippen LogP contribution in [0.2, 0.25) is 0 Å². The molecule has 8 heteroatoms. The monoisotopic (exact) mass is 379 g/mol. The molecule has 142 valence electrons. The van der Waals surface area contributed by atoms with Gasteiger partial charge in [0.15, 0.2) is 0 Å². The topological polar surface area (TPSA) is 95.6 Å². The Morgan fingerprint density at radius 2 is 1.96 bits per heavy atom. The van der Waals surface area contributed by atoms with E-state index in [0.717, 1.165) is 23.9 Å². The molecular formula is C18H25N3O4S. The van der Waals surface area contributed by atoms with Gasteiger partial charge in [-0.1, -0.05) is 30.3 Å². The molecule has 0 aliphatic carbocycles. The van der Waals surface area contributed by atoms with Crippen molar-refractivity contribution in [3.8, 4) is 0 Å². The summed E-state index contributed by atoms with van der Waals surface area (Å²) in [6, 6.07) is 9.10. The number of rotatable bonds is 10. The standard InChI is InChI=1S/C18H25N3O4S/c22-17(19-11-5-14-21-13-4-8-18(21)23)9-12-20-26(24,25)15-10-16-6-2-1-3-7-16/h1-3,6-7,10,15,20H,4-5,8-9,11-14H2,(H,19,22)/b15-10+. The van der Waals surface area contributed by atoms with Crippen LogP contribution in [-0.2, 0) is 19.6 Å². The van der Waals surface area contributed by atoms with Crippen molar-refractivity contribution < 1.29 is 18.0 Å². The van der Waals surface area contributed by atoms with Gasteiger partial charge in [0.2, 0.25) is 21.8 Å². The van der Waals surface area contributed by atoms with E-state index in [9.17, 15) is 18.0 Å². The fraction of sp³-hybridized carbons (Fsp3) is 0.444. The van der Waals surface area contributed by atoms with Gasteiger partial charge in [0.05, 0.1) is 0 Å². The predicted molar refractivity (Wildman–Crippen MR) is 100 cm³/mol. The molecule has 0 bridgehead atoms. The number of amides is 2. The van der Waals surface area contributed by atoms with Crippen LogP contribution in [-0.4, -0.2) is 51.3 Å². The molecule has 0 saturated carbocycles. The minimum atomic E-state index is -3.57. The minimum absolute atomic E-state index is 0.0396. The third kappa shape index (κ3) is 7.37. The number of hydrogen-bond acceptors (Lipinski definition) is 4. The van der Waals surface area contributed by atoms with Gasteiger partial charge in [0, 0.05) is 44.4 Å². The van der Waals surface area contributed by atoms with Crippen molar-refractivity contribution in [2.45, 2.75) is 25.7 Å².